The first kappa shape index (κ1) is 19.3. The minimum absolute atomic E-state index is 0.0715. The SMILES string of the molecule is CC(=O)c1ccc(NC(=O)c2cc(-c3ccc(Cl)cc3[N+](=O)[O-])oc2C)cc1. The van der Waals surface area contributed by atoms with Gasteiger partial charge in [0.1, 0.15) is 11.5 Å². The van der Waals surface area contributed by atoms with Crippen LogP contribution in [0.5, 0.6) is 0 Å². The van der Waals surface area contributed by atoms with Crippen LogP contribution in [-0.2, 0) is 0 Å². The Kier molecular flexibility index (Phi) is 5.28. The molecule has 1 aromatic heterocycles. The fourth-order valence-corrected chi connectivity index (χ4v) is 2.86. The number of hydrogen-bond acceptors (Lipinski definition) is 5. The van der Waals surface area contributed by atoms with E-state index in [2.05, 4.69) is 5.32 Å². The summed E-state index contributed by atoms with van der Waals surface area (Å²) in [5.74, 6) is 0.00694. The van der Waals surface area contributed by atoms with Crippen LogP contribution in [0.2, 0.25) is 5.02 Å². The lowest BCUT2D eigenvalue weighted by atomic mass is 10.1. The number of carbonyl (C=O) groups is 2. The average Bonchev–Trinajstić information content (AvgIpc) is 3.03. The summed E-state index contributed by atoms with van der Waals surface area (Å²) in [6, 6.07) is 12.1. The zero-order valence-corrected chi connectivity index (χ0v) is 15.7. The summed E-state index contributed by atoms with van der Waals surface area (Å²) in [5, 5.41) is 14.2. The number of benzene rings is 2. The molecule has 0 unspecified atom stereocenters. The normalized spacial score (nSPS) is 10.5. The Morgan fingerprint density at radius 1 is 1.11 bits per heavy atom. The molecule has 3 aromatic rings. The van der Waals surface area contributed by atoms with Gasteiger partial charge in [0.25, 0.3) is 11.6 Å². The summed E-state index contributed by atoms with van der Waals surface area (Å²) < 4.78 is 5.59. The van der Waals surface area contributed by atoms with E-state index in [1.807, 2.05) is 0 Å². The van der Waals surface area contributed by atoms with Crippen molar-refractivity contribution in [2.75, 3.05) is 5.32 Å². The van der Waals surface area contributed by atoms with E-state index in [0.29, 0.717) is 17.0 Å². The summed E-state index contributed by atoms with van der Waals surface area (Å²) in [6.45, 7) is 3.05. The standard InChI is InChI=1S/C20H15ClN2O5/c1-11(24)13-3-6-15(7-4-13)22-20(25)17-10-19(28-12(17)2)16-8-5-14(21)9-18(16)23(26)27/h3-10H,1-2H3,(H,22,25). The van der Waals surface area contributed by atoms with E-state index in [4.69, 9.17) is 16.0 Å². The number of furan rings is 1. The van der Waals surface area contributed by atoms with E-state index in [1.165, 1.54) is 31.2 Å². The topological polar surface area (TPSA) is 102 Å². The van der Waals surface area contributed by atoms with Gasteiger partial charge in [0, 0.05) is 22.3 Å². The maximum absolute atomic E-state index is 12.6. The van der Waals surface area contributed by atoms with Crippen LogP contribution in [0.25, 0.3) is 11.3 Å². The van der Waals surface area contributed by atoms with Crippen LogP contribution in [0.1, 0.15) is 33.4 Å². The Balaban J connectivity index is 1.89. The summed E-state index contributed by atoms with van der Waals surface area (Å²) in [7, 11) is 0. The van der Waals surface area contributed by atoms with Crippen LogP contribution in [0.4, 0.5) is 11.4 Å². The van der Waals surface area contributed by atoms with Crippen molar-refractivity contribution in [3.63, 3.8) is 0 Å². The highest BCUT2D eigenvalue weighted by Crippen LogP contribution is 2.34. The second-order valence-corrected chi connectivity index (χ2v) is 6.52. The Bertz CT molecular complexity index is 1090. The number of rotatable bonds is 5. The largest absolute Gasteiger partial charge is 0.460 e. The minimum Gasteiger partial charge on any atom is -0.460 e. The van der Waals surface area contributed by atoms with Crippen molar-refractivity contribution in [3.05, 3.63) is 80.6 Å². The van der Waals surface area contributed by atoms with E-state index in [-0.39, 0.29) is 33.4 Å². The summed E-state index contributed by atoms with van der Waals surface area (Å²) in [4.78, 5) is 34.6. The third-order valence-electron chi connectivity index (χ3n) is 4.13. The highest BCUT2D eigenvalue weighted by atomic mass is 35.5. The number of nitrogens with zero attached hydrogens (tertiary/aromatic N) is 1. The van der Waals surface area contributed by atoms with Gasteiger partial charge in [-0.2, -0.15) is 0 Å². The summed E-state index contributed by atoms with van der Waals surface area (Å²) in [6.07, 6.45) is 0. The quantitative estimate of drug-likeness (QED) is 0.358. The van der Waals surface area contributed by atoms with E-state index in [0.717, 1.165) is 0 Å². The molecule has 0 saturated heterocycles. The van der Waals surface area contributed by atoms with Crippen molar-refractivity contribution in [1.82, 2.24) is 0 Å². The molecule has 142 valence electrons. The molecule has 0 saturated carbocycles. The lowest BCUT2D eigenvalue weighted by Gasteiger charge is -2.04. The third kappa shape index (κ3) is 3.94. The van der Waals surface area contributed by atoms with Gasteiger partial charge in [0.15, 0.2) is 5.78 Å². The predicted octanol–water partition coefficient (Wildman–Crippen LogP) is 5.27. The molecule has 0 aliphatic carbocycles. The number of nitrogens with one attached hydrogen (secondary N) is 1. The highest BCUT2D eigenvalue weighted by Gasteiger charge is 2.22. The Morgan fingerprint density at radius 2 is 1.79 bits per heavy atom. The fraction of sp³-hybridized carbons (Fsp3) is 0.100. The molecule has 0 bridgehead atoms. The molecule has 0 aliphatic heterocycles. The second-order valence-electron chi connectivity index (χ2n) is 6.09. The monoisotopic (exact) mass is 398 g/mol. The molecular formula is C20H15ClN2O5. The predicted molar refractivity (Wildman–Crippen MR) is 105 cm³/mol. The number of ketones is 1. The van der Waals surface area contributed by atoms with Gasteiger partial charge < -0.3 is 9.73 Å². The van der Waals surface area contributed by atoms with Gasteiger partial charge in [-0.15, -0.1) is 0 Å². The number of amides is 1. The fourth-order valence-electron chi connectivity index (χ4n) is 2.69. The molecule has 0 aliphatic rings. The van der Waals surface area contributed by atoms with Gasteiger partial charge in [0.05, 0.1) is 16.1 Å². The maximum atomic E-state index is 12.6. The maximum Gasteiger partial charge on any atom is 0.281 e. The Hall–Kier alpha value is -3.45. The molecule has 28 heavy (non-hydrogen) atoms. The number of aryl methyl sites for hydroxylation is 1. The van der Waals surface area contributed by atoms with Gasteiger partial charge in [-0.3, -0.25) is 19.7 Å². The van der Waals surface area contributed by atoms with Gasteiger partial charge in [-0.1, -0.05) is 11.6 Å². The van der Waals surface area contributed by atoms with Crippen LogP contribution in [0.3, 0.4) is 0 Å². The third-order valence-corrected chi connectivity index (χ3v) is 4.37. The number of anilines is 1. The summed E-state index contributed by atoms with van der Waals surface area (Å²) in [5.41, 5.74) is 1.30. The number of Topliss-reactive ketones (excluding diaryl/α,β-unsaturated/α-hetero) is 1. The first-order valence-electron chi connectivity index (χ1n) is 8.23. The lowest BCUT2D eigenvalue weighted by Crippen LogP contribution is -2.12. The van der Waals surface area contributed by atoms with Crippen LogP contribution in [-0.4, -0.2) is 16.6 Å². The smallest absolute Gasteiger partial charge is 0.281 e. The molecule has 0 fully saturated rings. The minimum atomic E-state index is -0.560. The van der Waals surface area contributed by atoms with E-state index >= 15 is 0 Å². The molecule has 7 nitrogen and oxygen atoms in total. The zero-order chi connectivity index (χ0) is 20.4. The number of halogens is 1. The van der Waals surface area contributed by atoms with Gasteiger partial charge in [-0.25, -0.2) is 0 Å². The molecule has 1 amide bonds. The van der Waals surface area contributed by atoms with Crippen LogP contribution in [0.15, 0.2) is 52.9 Å². The first-order valence-corrected chi connectivity index (χ1v) is 8.61. The van der Waals surface area contributed by atoms with E-state index in [9.17, 15) is 19.7 Å². The van der Waals surface area contributed by atoms with Gasteiger partial charge in [-0.05, 0) is 56.3 Å². The Labute approximate surface area is 165 Å². The first-order chi connectivity index (χ1) is 13.3. The van der Waals surface area contributed by atoms with Crippen molar-refractivity contribution in [2.45, 2.75) is 13.8 Å². The van der Waals surface area contributed by atoms with E-state index in [1.54, 1.807) is 31.2 Å². The number of carbonyl (C=O) groups excluding carboxylic acids is 2. The molecule has 1 N–H and O–H groups in total. The van der Waals surface area contributed by atoms with Crippen molar-refractivity contribution in [3.8, 4) is 11.3 Å². The number of nitro groups is 1. The zero-order valence-electron chi connectivity index (χ0n) is 15.0. The summed E-state index contributed by atoms with van der Waals surface area (Å²) >= 11 is 5.84. The van der Waals surface area contributed by atoms with Crippen molar-refractivity contribution in [2.24, 2.45) is 0 Å². The molecule has 0 radical (unpaired) electrons. The molecule has 0 atom stereocenters. The van der Waals surface area contributed by atoms with Crippen molar-refractivity contribution >= 4 is 34.7 Å². The van der Waals surface area contributed by atoms with Crippen LogP contribution < -0.4 is 5.32 Å². The molecular weight excluding hydrogens is 384 g/mol. The molecule has 8 heteroatoms. The number of hydrogen-bond donors (Lipinski definition) is 1. The lowest BCUT2D eigenvalue weighted by molar-refractivity contribution is -0.384. The van der Waals surface area contributed by atoms with Crippen LogP contribution in [0, 0.1) is 17.0 Å². The molecule has 3 rings (SSSR count). The van der Waals surface area contributed by atoms with E-state index < -0.39 is 10.8 Å². The van der Waals surface area contributed by atoms with Crippen LogP contribution >= 0.6 is 11.6 Å². The molecule has 0 spiro atoms. The molecule has 1 heterocycles. The molecule has 2 aromatic carbocycles. The van der Waals surface area contributed by atoms with Gasteiger partial charge in [0.2, 0.25) is 0 Å². The average molecular weight is 399 g/mol. The number of nitro benzene ring substituents is 1. The Morgan fingerprint density at radius 3 is 2.39 bits per heavy atom. The van der Waals surface area contributed by atoms with Crippen molar-refractivity contribution in [1.29, 1.82) is 0 Å². The van der Waals surface area contributed by atoms with Crippen molar-refractivity contribution < 1.29 is 18.9 Å². The van der Waals surface area contributed by atoms with Gasteiger partial charge >= 0.3 is 0 Å². The second kappa shape index (κ2) is 7.66. The highest BCUT2D eigenvalue weighted by molar-refractivity contribution is 6.31.